The average molecular weight is 467 g/mol. The Morgan fingerprint density at radius 1 is 1.07 bits per heavy atom. The Balaban J connectivity index is 5.58. The summed E-state index contributed by atoms with van der Waals surface area (Å²) in [5, 5.41) is -6.11. The van der Waals surface area contributed by atoms with Crippen LogP contribution in [0.5, 0.6) is 0 Å². The van der Waals surface area contributed by atoms with Gasteiger partial charge < -0.3 is 18.8 Å². The van der Waals surface area contributed by atoms with Crippen molar-refractivity contribution in [3.05, 3.63) is 12.4 Å². The highest BCUT2D eigenvalue weighted by atomic mass is 32.2. The molecule has 17 heteroatoms. The Labute approximate surface area is 157 Å². The number of ether oxygens (including phenoxy) is 3. The zero-order valence-corrected chi connectivity index (χ0v) is 14.8. The zero-order chi connectivity index (χ0) is 23.5. The van der Waals surface area contributed by atoms with Gasteiger partial charge in [-0.3, -0.25) is 0 Å². The van der Waals surface area contributed by atoms with E-state index in [-0.39, 0.29) is 0 Å². The second kappa shape index (κ2) is 8.78. The third-order valence-corrected chi connectivity index (χ3v) is 3.89. The molecule has 1 atom stereocenters. The van der Waals surface area contributed by atoms with Gasteiger partial charge in [-0.05, 0) is 6.42 Å². The first-order valence-electron chi connectivity index (χ1n) is 6.84. The number of esters is 2. The quantitative estimate of drug-likeness (QED) is 0.120. The summed E-state index contributed by atoms with van der Waals surface area (Å²) in [5.41, 5.74) is 0. The largest absolute Gasteiger partial charge is 0.743 e. The number of carbonyl (C=O) groups is 2. The third-order valence-electron chi connectivity index (χ3n) is 2.97. The Bertz CT molecular complexity index is 747. The van der Waals surface area contributed by atoms with Gasteiger partial charge in [-0.25, -0.2) is 18.0 Å². The fraction of sp³-hybridized carbons (Fsp3) is 0.667. The molecule has 0 aliphatic heterocycles. The average Bonchev–Trinajstić information content (AvgIpc) is 2.54. The number of hydrogen-bond acceptors (Lipinski definition) is 8. The van der Waals surface area contributed by atoms with Gasteiger partial charge in [0.25, 0.3) is 0 Å². The number of carbonyl (C=O) groups excluding carboxylic acids is 2. The van der Waals surface area contributed by atoms with Gasteiger partial charge in [0.2, 0.25) is 5.83 Å². The molecule has 0 aliphatic carbocycles. The normalized spacial score (nSPS) is 15.4. The van der Waals surface area contributed by atoms with Crippen LogP contribution in [0.25, 0.3) is 0 Å². The minimum atomic E-state index is -6.84. The molecule has 0 aromatic heterocycles. The van der Waals surface area contributed by atoms with Crippen LogP contribution in [0.1, 0.15) is 12.8 Å². The van der Waals surface area contributed by atoms with Crippen molar-refractivity contribution in [1.82, 2.24) is 0 Å². The summed E-state index contributed by atoms with van der Waals surface area (Å²) >= 11 is 0. The summed E-state index contributed by atoms with van der Waals surface area (Å²) < 4.78 is 146. The van der Waals surface area contributed by atoms with E-state index < -0.39 is 70.5 Å². The van der Waals surface area contributed by atoms with E-state index in [4.69, 9.17) is 0 Å². The fourth-order valence-electron chi connectivity index (χ4n) is 1.54. The maximum Gasteiger partial charge on any atom is 0.468 e. The third kappa shape index (κ3) is 5.75. The minimum Gasteiger partial charge on any atom is -0.743 e. The van der Waals surface area contributed by atoms with E-state index in [0.717, 1.165) is 0 Å². The van der Waals surface area contributed by atoms with Gasteiger partial charge >= 0.3 is 35.1 Å². The van der Waals surface area contributed by atoms with E-state index in [1.54, 1.807) is 0 Å². The number of halogens is 8. The summed E-state index contributed by atoms with van der Waals surface area (Å²) in [4.78, 5) is 22.5. The Hall–Kier alpha value is -2.01. The monoisotopic (exact) mass is 467 g/mol. The molecule has 0 aromatic carbocycles. The van der Waals surface area contributed by atoms with Gasteiger partial charge in [0, 0.05) is 6.42 Å². The van der Waals surface area contributed by atoms with Crippen molar-refractivity contribution >= 4 is 22.1 Å². The number of rotatable bonds is 10. The molecule has 0 fully saturated rings. The Morgan fingerprint density at radius 2 is 1.55 bits per heavy atom. The standard InChI is InChI=1S/C12H12F8O8S/c1-6(13)7(21)28-10(8(22)26-2,11(16,17)18)27-5-3-4-9(14,15)12(19,20)29(23,24)25/h1,3-5H2,2H3,(H,23,24,25)/p-1. The molecule has 0 radical (unpaired) electrons. The molecule has 0 heterocycles. The molecular weight excluding hydrogens is 456 g/mol. The first-order chi connectivity index (χ1) is 12.8. The number of methoxy groups -OCH3 is 1. The van der Waals surface area contributed by atoms with Crippen LogP contribution < -0.4 is 0 Å². The van der Waals surface area contributed by atoms with E-state index >= 15 is 0 Å². The van der Waals surface area contributed by atoms with E-state index in [0.29, 0.717) is 7.11 Å². The zero-order valence-electron chi connectivity index (χ0n) is 14.0. The number of hydrogen-bond donors (Lipinski definition) is 0. The van der Waals surface area contributed by atoms with Crippen LogP contribution in [0.3, 0.4) is 0 Å². The fourth-order valence-corrected chi connectivity index (χ4v) is 2.01. The minimum absolute atomic E-state index is 0.345. The smallest absolute Gasteiger partial charge is 0.468 e. The van der Waals surface area contributed by atoms with Crippen molar-refractivity contribution < 1.29 is 71.9 Å². The van der Waals surface area contributed by atoms with Crippen LogP contribution in [-0.2, 0) is 33.9 Å². The molecule has 0 rings (SSSR count). The van der Waals surface area contributed by atoms with Gasteiger partial charge in [0.05, 0.1) is 13.7 Å². The molecule has 29 heavy (non-hydrogen) atoms. The summed E-state index contributed by atoms with van der Waals surface area (Å²) in [5.74, 6) is -17.3. The number of alkyl halides is 7. The van der Waals surface area contributed by atoms with Crippen molar-refractivity contribution in [2.75, 3.05) is 13.7 Å². The molecule has 0 amide bonds. The predicted molar refractivity (Wildman–Crippen MR) is 71.9 cm³/mol. The Kier molecular flexibility index (Phi) is 8.17. The summed E-state index contributed by atoms with van der Waals surface area (Å²) in [6.07, 6.45) is -9.70. The van der Waals surface area contributed by atoms with Gasteiger partial charge in [0.15, 0.2) is 10.1 Å². The van der Waals surface area contributed by atoms with Crippen LogP contribution in [0, 0.1) is 0 Å². The van der Waals surface area contributed by atoms with E-state index in [2.05, 4.69) is 20.8 Å². The van der Waals surface area contributed by atoms with Crippen molar-refractivity contribution in [2.45, 2.75) is 36.0 Å². The maximum atomic E-state index is 13.2. The lowest BCUT2D eigenvalue weighted by molar-refractivity contribution is -0.354. The molecule has 0 saturated carbocycles. The molecule has 0 N–H and O–H groups in total. The lowest BCUT2D eigenvalue weighted by Gasteiger charge is -2.32. The van der Waals surface area contributed by atoms with Gasteiger partial charge in [-0.15, -0.1) is 0 Å². The molecule has 0 bridgehead atoms. The van der Waals surface area contributed by atoms with Crippen LogP contribution in [-0.4, -0.2) is 61.8 Å². The van der Waals surface area contributed by atoms with Crippen LogP contribution >= 0.6 is 0 Å². The molecule has 0 aliphatic rings. The van der Waals surface area contributed by atoms with E-state index in [9.17, 15) is 57.7 Å². The summed E-state index contributed by atoms with van der Waals surface area (Å²) in [7, 11) is -6.50. The predicted octanol–water partition coefficient (Wildman–Crippen LogP) is 2.01. The maximum absolute atomic E-state index is 13.2. The second-order valence-electron chi connectivity index (χ2n) is 5.03. The van der Waals surface area contributed by atoms with E-state index in [1.165, 1.54) is 0 Å². The van der Waals surface area contributed by atoms with Gasteiger partial charge in [0.1, 0.15) is 0 Å². The highest BCUT2D eigenvalue weighted by Crippen LogP contribution is 2.42. The topological polar surface area (TPSA) is 119 Å². The summed E-state index contributed by atoms with van der Waals surface area (Å²) in [6, 6.07) is 0. The Morgan fingerprint density at radius 3 is 1.90 bits per heavy atom. The molecule has 8 nitrogen and oxygen atoms in total. The van der Waals surface area contributed by atoms with Gasteiger partial charge in [-0.1, -0.05) is 6.58 Å². The lowest BCUT2D eigenvalue weighted by atomic mass is 10.2. The molecule has 170 valence electrons. The van der Waals surface area contributed by atoms with E-state index in [1.807, 2.05) is 0 Å². The lowest BCUT2D eigenvalue weighted by Crippen LogP contribution is -2.58. The second-order valence-corrected chi connectivity index (χ2v) is 6.45. The van der Waals surface area contributed by atoms with Crippen LogP contribution in [0.15, 0.2) is 12.4 Å². The highest BCUT2D eigenvalue weighted by Gasteiger charge is 2.68. The summed E-state index contributed by atoms with van der Waals surface area (Å²) in [6.45, 7) is 0.611. The first-order valence-corrected chi connectivity index (χ1v) is 8.25. The molecule has 0 spiro atoms. The van der Waals surface area contributed by atoms with Crippen molar-refractivity contribution in [3.63, 3.8) is 0 Å². The van der Waals surface area contributed by atoms with Crippen molar-refractivity contribution in [3.8, 4) is 0 Å². The van der Waals surface area contributed by atoms with Crippen molar-refractivity contribution in [1.29, 1.82) is 0 Å². The van der Waals surface area contributed by atoms with Crippen LogP contribution in [0.4, 0.5) is 35.1 Å². The molecule has 0 aromatic rings. The molecule has 0 saturated heterocycles. The van der Waals surface area contributed by atoms with Gasteiger partial charge in [-0.2, -0.15) is 35.1 Å². The molecule has 1 unspecified atom stereocenters. The molecular formula is C12H11F8O8S-. The SMILES string of the molecule is C=C(F)C(=O)OC(OCCCC(F)(F)C(F)(F)S(=O)(=O)[O-])(C(=O)OC)C(F)(F)F. The first kappa shape index (κ1) is 27.0. The van der Waals surface area contributed by atoms with Crippen molar-refractivity contribution in [2.24, 2.45) is 0 Å². The van der Waals surface area contributed by atoms with Crippen LogP contribution in [0.2, 0.25) is 0 Å². The highest BCUT2D eigenvalue weighted by molar-refractivity contribution is 7.86.